The van der Waals surface area contributed by atoms with E-state index in [1.807, 2.05) is 41.5 Å². The highest BCUT2D eigenvalue weighted by molar-refractivity contribution is 5.90. The summed E-state index contributed by atoms with van der Waals surface area (Å²) in [5, 5.41) is 2.79. The van der Waals surface area contributed by atoms with Crippen LogP contribution in [-0.4, -0.2) is 21.4 Å². The molecule has 0 atom stereocenters. The largest absolute Gasteiger partial charge is 0.345 e. The van der Waals surface area contributed by atoms with Crippen molar-refractivity contribution in [3.05, 3.63) is 23.8 Å². The summed E-state index contributed by atoms with van der Waals surface area (Å²) in [4.78, 5) is 19.4. The zero-order valence-corrected chi connectivity index (χ0v) is 11.0. The Kier molecular flexibility index (Phi) is 5.64. The van der Waals surface area contributed by atoms with Gasteiger partial charge in [-0.3, -0.25) is 4.79 Å². The van der Waals surface area contributed by atoms with E-state index >= 15 is 0 Å². The van der Waals surface area contributed by atoms with Gasteiger partial charge in [0.05, 0.1) is 0 Å². The van der Waals surface area contributed by atoms with Gasteiger partial charge in [0.15, 0.2) is 0 Å². The fourth-order valence-corrected chi connectivity index (χ4v) is 0.906. The number of hydrogen-bond donors (Lipinski definition) is 1. The second-order valence-electron chi connectivity index (χ2n) is 4.29. The minimum absolute atomic E-state index is 0.213. The Balaban J connectivity index is 0.00000106. The van der Waals surface area contributed by atoms with Crippen molar-refractivity contribution < 1.29 is 4.79 Å². The first-order valence-electron chi connectivity index (χ1n) is 5.50. The molecule has 1 aromatic rings. The molecule has 1 N–H and O–H groups in total. The minimum atomic E-state index is -0.259. The van der Waals surface area contributed by atoms with E-state index in [1.165, 1.54) is 0 Å². The van der Waals surface area contributed by atoms with Gasteiger partial charge in [0.25, 0.3) is 5.91 Å². The van der Waals surface area contributed by atoms with Crippen LogP contribution in [-0.2, 0) is 0 Å². The Morgan fingerprint density at radius 3 is 2.00 bits per heavy atom. The lowest BCUT2D eigenvalue weighted by Gasteiger charge is -2.19. The lowest BCUT2D eigenvalue weighted by molar-refractivity contribution is 0.0908. The van der Waals surface area contributed by atoms with Crippen molar-refractivity contribution in [1.29, 1.82) is 0 Å². The van der Waals surface area contributed by atoms with Gasteiger partial charge in [0, 0.05) is 17.9 Å². The van der Waals surface area contributed by atoms with Gasteiger partial charge in [-0.25, -0.2) is 9.97 Å². The van der Waals surface area contributed by atoms with E-state index < -0.39 is 0 Å². The Morgan fingerprint density at radius 1 is 1.19 bits per heavy atom. The van der Waals surface area contributed by atoms with Crippen molar-refractivity contribution in [2.75, 3.05) is 0 Å². The maximum absolute atomic E-state index is 11.5. The van der Waals surface area contributed by atoms with Gasteiger partial charge in [0.2, 0.25) is 5.82 Å². The van der Waals surface area contributed by atoms with Crippen LogP contribution in [0.5, 0.6) is 0 Å². The van der Waals surface area contributed by atoms with Crippen LogP contribution >= 0.6 is 0 Å². The van der Waals surface area contributed by atoms with E-state index in [1.54, 1.807) is 12.4 Å². The zero-order valence-electron chi connectivity index (χ0n) is 11.0. The van der Waals surface area contributed by atoms with Crippen LogP contribution < -0.4 is 5.32 Å². The number of aromatic nitrogens is 2. The van der Waals surface area contributed by atoms with Gasteiger partial charge in [-0.2, -0.15) is 0 Å². The average Bonchev–Trinajstić information content (AvgIpc) is 2.19. The maximum atomic E-state index is 11.5. The number of aryl methyl sites for hydroxylation is 1. The molecule has 1 rings (SSSR count). The summed E-state index contributed by atoms with van der Waals surface area (Å²) >= 11 is 0. The van der Waals surface area contributed by atoms with Crippen LogP contribution in [0.25, 0.3) is 0 Å². The number of rotatable bonds is 1. The monoisotopic (exact) mass is 223 g/mol. The molecule has 4 heteroatoms. The van der Waals surface area contributed by atoms with Crippen LogP contribution in [0.2, 0.25) is 0 Å². The van der Waals surface area contributed by atoms with Crippen molar-refractivity contribution in [2.45, 2.75) is 47.1 Å². The molecule has 0 aliphatic rings. The quantitative estimate of drug-likeness (QED) is 0.795. The molecule has 0 fully saturated rings. The molecular formula is C12H21N3O. The van der Waals surface area contributed by atoms with Gasteiger partial charge in [-0.15, -0.1) is 0 Å². The molecule has 0 saturated carbocycles. The molecule has 0 radical (unpaired) electrons. The number of carbonyl (C=O) groups excluding carboxylic acids is 1. The highest BCUT2D eigenvalue weighted by atomic mass is 16.2. The van der Waals surface area contributed by atoms with Crippen molar-refractivity contribution in [1.82, 2.24) is 15.3 Å². The molecule has 0 aliphatic carbocycles. The predicted molar refractivity (Wildman–Crippen MR) is 65.3 cm³/mol. The van der Waals surface area contributed by atoms with Crippen molar-refractivity contribution in [2.24, 2.45) is 0 Å². The summed E-state index contributed by atoms with van der Waals surface area (Å²) in [5.74, 6) is -0.0250. The van der Waals surface area contributed by atoms with Gasteiger partial charge in [0.1, 0.15) is 0 Å². The first-order chi connectivity index (χ1) is 7.38. The third-order valence-electron chi connectivity index (χ3n) is 1.47. The molecule has 16 heavy (non-hydrogen) atoms. The molecule has 4 nitrogen and oxygen atoms in total. The van der Waals surface area contributed by atoms with E-state index in [4.69, 9.17) is 0 Å². The number of amides is 1. The van der Waals surface area contributed by atoms with Gasteiger partial charge in [-0.05, 0) is 33.3 Å². The van der Waals surface area contributed by atoms with Crippen LogP contribution in [0.1, 0.15) is 50.8 Å². The summed E-state index contributed by atoms with van der Waals surface area (Å²) in [6.07, 6.45) is 3.26. The van der Waals surface area contributed by atoms with E-state index in [0.717, 1.165) is 5.56 Å². The van der Waals surface area contributed by atoms with E-state index in [2.05, 4.69) is 15.3 Å². The number of nitrogens with zero attached hydrogens (tertiary/aromatic N) is 2. The third-order valence-corrected chi connectivity index (χ3v) is 1.47. The van der Waals surface area contributed by atoms with Crippen LogP contribution in [0.15, 0.2) is 12.4 Å². The van der Waals surface area contributed by atoms with Crippen LogP contribution in [0.3, 0.4) is 0 Å². The Hall–Kier alpha value is -1.45. The maximum Gasteiger partial charge on any atom is 0.289 e. The van der Waals surface area contributed by atoms with E-state index in [0.29, 0.717) is 0 Å². The Labute approximate surface area is 97.5 Å². The van der Waals surface area contributed by atoms with Crippen molar-refractivity contribution in [3.63, 3.8) is 0 Å². The Morgan fingerprint density at radius 2 is 1.62 bits per heavy atom. The molecule has 0 aliphatic heterocycles. The second kappa shape index (κ2) is 6.20. The molecule has 0 aromatic carbocycles. The molecular weight excluding hydrogens is 202 g/mol. The first-order valence-corrected chi connectivity index (χ1v) is 5.50. The fourth-order valence-electron chi connectivity index (χ4n) is 0.906. The zero-order chi connectivity index (χ0) is 12.8. The highest BCUT2D eigenvalue weighted by Crippen LogP contribution is 2.01. The Bertz CT molecular complexity index is 325. The highest BCUT2D eigenvalue weighted by Gasteiger charge is 2.16. The molecule has 0 spiro atoms. The van der Waals surface area contributed by atoms with Gasteiger partial charge in [-0.1, -0.05) is 13.8 Å². The smallest absolute Gasteiger partial charge is 0.289 e. The standard InChI is InChI=1S/C10H15N3O.C2H6/c1-7-5-11-8(12-6-7)9(14)13-10(2,3)4;1-2/h5-6H,1-4H3,(H,13,14);1-2H3. The molecule has 0 saturated heterocycles. The average molecular weight is 223 g/mol. The normalized spacial score (nSPS) is 10.1. The molecule has 1 heterocycles. The van der Waals surface area contributed by atoms with Crippen molar-refractivity contribution >= 4 is 5.91 Å². The summed E-state index contributed by atoms with van der Waals surface area (Å²) < 4.78 is 0. The summed E-state index contributed by atoms with van der Waals surface area (Å²) in [6, 6.07) is 0. The van der Waals surface area contributed by atoms with Crippen molar-refractivity contribution in [3.8, 4) is 0 Å². The fraction of sp³-hybridized carbons (Fsp3) is 0.583. The summed E-state index contributed by atoms with van der Waals surface area (Å²) in [6.45, 7) is 11.6. The van der Waals surface area contributed by atoms with Crippen LogP contribution in [0.4, 0.5) is 0 Å². The molecule has 0 bridgehead atoms. The molecule has 90 valence electrons. The summed E-state index contributed by atoms with van der Waals surface area (Å²) in [5.41, 5.74) is 0.683. The number of carbonyl (C=O) groups is 1. The second-order valence-corrected chi connectivity index (χ2v) is 4.29. The topological polar surface area (TPSA) is 54.9 Å². The minimum Gasteiger partial charge on any atom is -0.345 e. The number of hydrogen-bond acceptors (Lipinski definition) is 3. The lowest BCUT2D eigenvalue weighted by Crippen LogP contribution is -2.41. The third kappa shape index (κ3) is 5.44. The van der Waals surface area contributed by atoms with E-state index in [-0.39, 0.29) is 17.3 Å². The van der Waals surface area contributed by atoms with Gasteiger partial charge >= 0.3 is 0 Å². The van der Waals surface area contributed by atoms with Crippen LogP contribution in [0, 0.1) is 6.92 Å². The SMILES string of the molecule is CC.Cc1cnc(C(=O)NC(C)(C)C)nc1. The number of nitrogens with one attached hydrogen (secondary N) is 1. The first kappa shape index (κ1) is 14.6. The lowest BCUT2D eigenvalue weighted by atomic mass is 10.1. The molecule has 1 aromatic heterocycles. The van der Waals surface area contributed by atoms with Gasteiger partial charge < -0.3 is 5.32 Å². The molecule has 1 amide bonds. The molecule has 0 unspecified atom stereocenters. The van der Waals surface area contributed by atoms with E-state index in [9.17, 15) is 4.79 Å². The predicted octanol–water partition coefficient (Wildman–Crippen LogP) is 2.34. The summed E-state index contributed by atoms with van der Waals surface area (Å²) in [7, 11) is 0.